The lowest BCUT2D eigenvalue weighted by Gasteiger charge is -2.19. The zero-order valence-corrected chi connectivity index (χ0v) is 16.8. The van der Waals surface area contributed by atoms with Crippen molar-refractivity contribution >= 4 is 45.1 Å². The van der Waals surface area contributed by atoms with E-state index in [1.165, 1.54) is 23.2 Å². The summed E-state index contributed by atoms with van der Waals surface area (Å²) in [5, 5.41) is 4.32. The smallest absolute Gasteiger partial charge is 0.328 e. The number of ether oxygens (including phenoxy) is 1. The van der Waals surface area contributed by atoms with Gasteiger partial charge in [-0.05, 0) is 30.0 Å². The van der Waals surface area contributed by atoms with Crippen molar-refractivity contribution in [1.29, 1.82) is 0 Å². The lowest BCUT2D eigenvalue weighted by molar-refractivity contribution is -0.153. The normalized spacial score (nSPS) is 11.5. The van der Waals surface area contributed by atoms with Crippen molar-refractivity contribution in [2.24, 2.45) is 0 Å². The first-order chi connectivity index (χ1) is 12.4. The molecule has 0 aliphatic rings. The molecule has 1 N–H and O–H groups in total. The maximum absolute atomic E-state index is 12.1. The van der Waals surface area contributed by atoms with E-state index in [1.807, 2.05) is 24.3 Å². The van der Waals surface area contributed by atoms with Crippen molar-refractivity contribution in [3.63, 3.8) is 0 Å². The molecule has 2 aromatic rings. The minimum atomic E-state index is -0.842. The van der Waals surface area contributed by atoms with Crippen LogP contribution in [-0.4, -0.2) is 42.4 Å². The van der Waals surface area contributed by atoms with E-state index in [9.17, 15) is 14.4 Å². The predicted molar refractivity (Wildman–Crippen MR) is 103 cm³/mol. The molecule has 26 heavy (non-hydrogen) atoms. The van der Waals surface area contributed by atoms with Gasteiger partial charge >= 0.3 is 5.97 Å². The van der Waals surface area contributed by atoms with Crippen LogP contribution in [-0.2, 0) is 20.9 Å². The Balaban J connectivity index is 1.79. The maximum Gasteiger partial charge on any atom is 0.328 e. The van der Waals surface area contributed by atoms with Crippen molar-refractivity contribution in [2.75, 3.05) is 13.7 Å². The minimum absolute atomic E-state index is 0.328. The average molecular weight is 439 g/mol. The van der Waals surface area contributed by atoms with Crippen LogP contribution in [0.2, 0.25) is 0 Å². The number of benzene rings is 1. The topological polar surface area (TPSA) is 75.7 Å². The quantitative estimate of drug-likeness (QED) is 0.674. The maximum atomic E-state index is 12.1. The van der Waals surface area contributed by atoms with E-state index in [0.717, 1.165) is 10.0 Å². The van der Waals surface area contributed by atoms with Crippen LogP contribution < -0.4 is 5.32 Å². The number of thiophene rings is 1. The van der Waals surface area contributed by atoms with Gasteiger partial charge in [-0.3, -0.25) is 9.59 Å². The molecule has 0 radical (unpaired) electrons. The molecule has 0 bridgehead atoms. The number of nitrogens with one attached hydrogen (secondary N) is 1. The second kappa shape index (κ2) is 9.49. The van der Waals surface area contributed by atoms with Gasteiger partial charge in [-0.2, -0.15) is 0 Å². The molecule has 1 atom stereocenters. The molecule has 1 aromatic carbocycles. The van der Waals surface area contributed by atoms with Crippen molar-refractivity contribution in [1.82, 2.24) is 10.2 Å². The summed E-state index contributed by atoms with van der Waals surface area (Å²) in [7, 11) is 1.64. The van der Waals surface area contributed by atoms with Gasteiger partial charge in [-0.1, -0.05) is 40.2 Å². The van der Waals surface area contributed by atoms with Crippen LogP contribution in [0.5, 0.6) is 0 Å². The number of halogens is 1. The Morgan fingerprint density at radius 1 is 1.23 bits per heavy atom. The Labute approximate surface area is 164 Å². The third kappa shape index (κ3) is 5.67. The second-order valence-corrected chi connectivity index (χ2v) is 7.42. The molecule has 0 aliphatic heterocycles. The van der Waals surface area contributed by atoms with Gasteiger partial charge in [-0.15, -0.1) is 11.3 Å². The summed E-state index contributed by atoms with van der Waals surface area (Å²) in [6.07, 6.45) is 0. The Hall–Kier alpha value is -2.19. The first-order valence-electron chi connectivity index (χ1n) is 7.87. The highest BCUT2D eigenvalue weighted by atomic mass is 79.9. The van der Waals surface area contributed by atoms with Gasteiger partial charge in [-0.25, -0.2) is 4.79 Å². The van der Waals surface area contributed by atoms with Crippen LogP contribution >= 0.6 is 27.3 Å². The number of rotatable bonds is 7. The molecule has 8 heteroatoms. The Morgan fingerprint density at radius 3 is 2.62 bits per heavy atom. The molecular weight excluding hydrogens is 420 g/mol. The second-order valence-electron chi connectivity index (χ2n) is 5.62. The number of esters is 1. The molecule has 2 rings (SSSR count). The zero-order chi connectivity index (χ0) is 19.1. The molecule has 1 heterocycles. The third-order valence-electron chi connectivity index (χ3n) is 3.58. The SMILES string of the molecule is CC(NC(=O)c1cccs1)C(=O)OCC(=O)N(C)Cc1ccccc1Br. The zero-order valence-electron chi connectivity index (χ0n) is 14.4. The van der Waals surface area contributed by atoms with Crippen LogP contribution in [0, 0.1) is 0 Å². The van der Waals surface area contributed by atoms with E-state index < -0.39 is 12.0 Å². The van der Waals surface area contributed by atoms with Crippen LogP contribution in [0.25, 0.3) is 0 Å². The van der Waals surface area contributed by atoms with E-state index in [1.54, 1.807) is 24.6 Å². The highest BCUT2D eigenvalue weighted by molar-refractivity contribution is 9.10. The number of hydrogen-bond acceptors (Lipinski definition) is 5. The van der Waals surface area contributed by atoms with Gasteiger partial charge in [0, 0.05) is 18.1 Å². The minimum Gasteiger partial charge on any atom is -0.454 e. The van der Waals surface area contributed by atoms with E-state index >= 15 is 0 Å². The number of nitrogens with zero attached hydrogens (tertiary/aromatic N) is 1. The standard InChI is InChI=1S/C18H19BrN2O4S/c1-12(20-17(23)15-8-5-9-26-15)18(24)25-11-16(22)21(2)10-13-6-3-4-7-14(13)19/h3-9,12H,10-11H2,1-2H3,(H,20,23). The molecule has 6 nitrogen and oxygen atoms in total. The van der Waals surface area contributed by atoms with Gasteiger partial charge in [0.25, 0.3) is 11.8 Å². The summed E-state index contributed by atoms with van der Waals surface area (Å²) in [4.78, 5) is 38.0. The molecule has 138 valence electrons. The summed E-state index contributed by atoms with van der Waals surface area (Å²) in [6.45, 7) is 1.53. The molecule has 0 saturated heterocycles. The van der Waals surface area contributed by atoms with Gasteiger partial charge in [0.1, 0.15) is 6.04 Å². The first-order valence-corrected chi connectivity index (χ1v) is 9.54. The van der Waals surface area contributed by atoms with E-state index in [0.29, 0.717) is 11.4 Å². The van der Waals surface area contributed by atoms with Crippen molar-refractivity contribution < 1.29 is 19.1 Å². The molecule has 1 aromatic heterocycles. The molecule has 0 fully saturated rings. The monoisotopic (exact) mass is 438 g/mol. The van der Waals surface area contributed by atoms with Crippen molar-refractivity contribution in [3.8, 4) is 0 Å². The van der Waals surface area contributed by atoms with E-state index in [2.05, 4.69) is 21.2 Å². The summed E-state index contributed by atoms with van der Waals surface area (Å²) >= 11 is 4.71. The number of hydrogen-bond donors (Lipinski definition) is 1. The molecule has 0 aliphatic carbocycles. The first kappa shape index (κ1) is 20.1. The number of carbonyl (C=O) groups is 3. The number of likely N-dealkylation sites (N-methyl/N-ethyl adjacent to an activating group) is 1. The fourth-order valence-electron chi connectivity index (χ4n) is 2.07. The highest BCUT2D eigenvalue weighted by Crippen LogP contribution is 2.17. The summed E-state index contributed by atoms with van der Waals surface area (Å²) < 4.78 is 5.92. The van der Waals surface area contributed by atoms with Gasteiger partial charge < -0.3 is 15.0 Å². The van der Waals surface area contributed by atoms with Gasteiger partial charge in [0.05, 0.1) is 4.88 Å². The number of carbonyl (C=O) groups excluding carboxylic acids is 3. The third-order valence-corrected chi connectivity index (χ3v) is 5.22. The largest absolute Gasteiger partial charge is 0.454 e. The predicted octanol–water partition coefficient (Wildman–Crippen LogP) is 2.83. The summed E-state index contributed by atoms with van der Waals surface area (Å²) in [6, 6.07) is 10.2. The Kier molecular flexibility index (Phi) is 7.35. The van der Waals surface area contributed by atoms with Crippen LogP contribution in [0.1, 0.15) is 22.2 Å². The molecule has 2 amide bonds. The molecule has 0 spiro atoms. The summed E-state index contributed by atoms with van der Waals surface area (Å²) in [5.74, 6) is -1.33. The average Bonchev–Trinajstić information content (AvgIpc) is 3.15. The van der Waals surface area contributed by atoms with Crippen LogP contribution in [0.15, 0.2) is 46.3 Å². The van der Waals surface area contributed by atoms with Crippen molar-refractivity contribution in [3.05, 3.63) is 56.7 Å². The van der Waals surface area contributed by atoms with Crippen LogP contribution in [0.4, 0.5) is 0 Å². The fourth-order valence-corrected chi connectivity index (χ4v) is 3.11. The lowest BCUT2D eigenvalue weighted by Crippen LogP contribution is -2.40. The Morgan fingerprint density at radius 2 is 1.96 bits per heavy atom. The van der Waals surface area contributed by atoms with Crippen molar-refractivity contribution in [2.45, 2.75) is 19.5 Å². The molecule has 1 unspecified atom stereocenters. The number of amides is 2. The lowest BCUT2D eigenvalue weighted by atomic mass is 10.2. The molecular formula is C18H19BrN2O4S. The van der Waals surface area contributed by atoms with Gasteiger partial charge in [0.15, 0.2) is 6.61 Å². The summed E-state index contributed by atoms with van der Waals surface area (Å²) in [5.41, 5.74) is 0.950. The van der Waals surface area contributed by atoms with E-state index in [4.69, 9.17) is 4.74 Å². The fraction of sp³-hybridized carbons (Fsp3) is 0.278. The van der Waals surface area contributed by atoms with E-state index in [-0.39, 0.29) is 18.4 Å². The van der Waals surface area contributed by atoms with Gasteiger partial charge in [0.2, 0.25) is 0 Å². The Bertz CT molecular complexity index is 779. The molecule has 0 saturated carbocycles. The van der Waals surface area contributed by atoms with Crippen LogP contribution in [0.3, 0.4) is 0 Å². The highest BCUT2D eigenvalue weighted by Gasteiger charge is 2.20.